The van der Waals surface area contributed by atoms with Crippen LogP contribution in [0.25, 0.3) is 0 Å². The van der Waals surface area contributed by atoms with Gasteiger partial charge in [0.05, 0.1) is 31.4 Å². The molecule has 5 nitrogen and oxygen atoms in total. The molecule has 0 saturated heterocycles. The highest BCUT2D eigenvalue weighted by molar-refractivity contribution is 6.33. The van der Waals surface area contributed by atoms with E-state index in [-0.39, 0.29) is 5.91 Å². The number of ether oxygens (including phenoxy) is 3. The van der Waals surface area contributed by atoms with Crippen molar-refractivity contribution in [1.29, 1.82) is 0 Å². The van der Waals surface area contributed by atoms with Crippen LogP contribution in [0.4, 0.5) is 0 Å². The first-order chi connectivity index (χ1) is 11.1. The zero-order valence-corrected chi connectivity index (χ0v) is 13.7. The van der Waals surface area contributed by atoms with Gasteiger partial charge in [-0.3, -0.25) is 4.79 Å². The van der Waals surface area contributed by atoms with E-state index in [2.05, 4.69) is 5.32 Å². The highest BCUT2D eigenvalue weighted by Crippen LogP contribution is 2.27. The Labute approximate surface area is 140 Å². The van der Waals surface area contributed by atoms with Gasteiger partial charge < -0.3 is 19.5 Å². The van der Waals surface area contributed by atoms with E-state index in [4.69, 9.17) is 25.8 Å². The summed E-state index contributed by atoms with van der Waals surface area (Å²) >= 11 is 5.97. The van der Waals surface area contributed by atoms with Crippen LogP contribution in [0.3, 0.4) is 0 Å². The molecule has 0 aliphatic rings. The third kappa shape index (κ3) is 4.79. The number of carbonyl (C=O) groups is 1. The molecule has 0 saturated carbocycles. The van der Waals surface area contributed by atoms with Crippen molar-refractivity contribution in [2.24, 2.45) is 0 Å². The van der Waals surface area contributed by atoms with Gasteiger partial charge in [0.2, 0.25) is 0 Å². The number of carbonyl (C=O) groups excluding carboxylic acids is 1. The lowest BCUT2D eigenvalue weighted by atomic mass is 10.2. The predicted octanol–water partition coefficient (Wildman–Crippen LogP) is 3.17. The van der Waals surface area contributed by atoms with E-state index >= 15 is 0 Å². The van der Waals surface area contributed by atoms with E-state index in [1.165, 1.54) is 0 Å². The van der Waals surface area contributed by atoms with Crippen LogP contribution in [-0.2, 0) is 0 Å². The molecule has 1 N–H and O–H groups in total. The molecular formula is C17H18ClNO4. The summed E-state index contributed by atoms with van der Waals surface area (Å²) in [5, 5.41) is 3.18. The SMILES string of the molecule is COc1cc(OC)cc(OCCNC(=O)c2ccccc2Cl)c1. The van der Waals surface area contributed by atoms with Crippen molar-refractivity contribution < 1.29 is 19.0 Å². The average Bonchev–Trinajstić information content (AvgIpc) is 2.58. The fourth-order valence-corrected chi connectivity index (χ4v) is 2.16. The van der Waals surface area contributed by atoms with E-state index in [1.54, 1.807) is 56.7 Å². The minimum absolute atomic E-state index is 0.234. The molecule has 0 aliphatic carbocycles. The van der Waals surface area contributed by atoms with Crippen LogP contribution in [0.2, 0.25) is 5.02 Å². The molecule has 0 aliphatic heterocycles. The zero-order chi connectivity index (χ0) is 16.7. The van der Waals surface area contributed by atoms with Gasteiger partial charge in [0.1, 0.15) is 23.9 Å². The Kier molecular flexibility index (Phi) is 6.11. The predicted molar refractivity (Wildman–Crippen MR) is 88.8 cm³/mol. The van der Waals surface area contributed by atoms with E-state index < -0.39 is 0 Å². The fourth-order valence-electron chi connectivity index (χ4n) is 1.94. The molecule has 2 aromatic rings. The third-order valence-corrected chi connectivity index (χ3v) is 3.43. The fraction of sp³-hybridized carbons (Fsp3) is 0.235. The summed E-state index contributed by atoms with van der Waals surface area (Å²) in [6.07, 6.45) is 0. The second-order valence-electron chi connectivity index (χ2n) is 4.63. The molecule has 0 heterocycles. The van der Waals surface area contributed by atoms with Crippen molar-refractivity contribution in [3.8, 4) is 17.2 Å². The van der Waals surface area contributed by atoms with Crippen LogP contribution >= 0.6 is 11.6 Å². The van der Waals surface area contributed by atoms with Gasteiger partial charge in [-0.2, -0.15) is 0 Å². The summed E-state index contributed by atoms with van der Waals surface area (Å²) in [6, 6.07) is 12.1. The minimum Gasteiger partial charge on any atom is -0.496 e. The van der Waals surface area contributed by atoms with E-state index in [1.807, 2.05) is 0 Å². The van der Waals surface area contributed by atoms with Gasteiger partial charge in [0, 0.05) is 18.2 Å². The first-order valence-electron chi connectivity index (χ1n) is 7.02. The number of methoxy groups -OCH3 is 2. The molecule has 0 unspecified atom stereocenters. The van der Waals surface area contributed by atoms with Crippen LogP contribution in [0.15, 0.2) is 42.5 Å². The highest BCUT2D eigenvalue weighted by atomic mass is 35.5. The van der Waals surface area contributed by atoms with Crippen LogP contribution < -0.4 is 19.5 Å². The van der Waals surface area contributed by atoms with Crippen molar-refractivity contribution in [1.82, 2.24) is 5.32 Å². The topological polar surface area (TPSA) is 56.8 Å². The highest BCUT2D eigenvalue weighted by Gasteiger charge is 2.08. The van der Waals surface area contributed by atoms with Crippen molar-refractivity contribution in [2.75, 3.05) is 27.4 Å². The lowest BCUT2D eigenvalue weighted by molar-refractivity contribution is 0.0947. The molecule has 1 amide bonds. The molecule has 23 heavy (non-hydrogen) atoms. The van der Waals surface area contributed by atoms with Gasteiger partial charge in [0.25, 0.3) is 5.91 Å². The van der Waals surface area contributed by atoms with Crippen LogP contribution in [-0.4, -0.2) is 33.3 Å². The van der Waals surface area contributed by atoms with Gasteiger partial charge in [-0.1, -0.05) is 23.7 Å². The maximum Gasteiger partial charge on any atom is 0.252 e. The summed E-state index contributed by atoms with van der Waals surface area (Å²) in [5.74, 6) is 1.65. The van der Waals surface area contributed by atoms with Gasteiger partial charge in [-0.25, -0.2) is 0 Å². The standard InChI is InChI=1S/C17H18ClNO4/c1-21-12-9-13(22-2)11-14(10-12)23-8-7-19-17(20)15-5-3-4-6-16(15)18/h3-6,9-11H,7-8H2,1-2H3,(H,19,20). The number of benzene rings is 2. The molecule has 0 aromatic heterocycles. The average molecular weight is 336 g/mol. The Hall–Kier alpha value is -2.40. The molecule has 0 spiro atoms. The molecule has 6 heteroatoms. The summed E-state index contributed by atoms with van der Waals surface area (Å²) < 4.78 is 15.9. The lowest BCUT2D eigenvalue weighted by Crippen LogP contribution is -2.28. The van der Waals surface area contributed by atoms with Crippen LogP contribution in [0, 0.1) is 0 Å². The monoisotopic (exact) mass is 335 g/mol. The smallest absolute Gasteiger partial charge is 0.252 e. The summed E-state index contributed by atoms with van der Waals surface area (Å²) in [7, 11) is 3.14. The van der Waals surface area contributed by atoms with E-state index in [9.17, 15) is 4.79 Å². The molecule has 0 radical (unpaired) electrons. The number of hydrogen-bond acceptors (Lipinski definition) is 4. The normalized spacial score (nSPS) is 10.0. The molecular weight excluding hydrogens is 318 g/mol. The number of rotatable bonds is 7. The number of halogens is 1. The maximum atomic E-state index is 12.0. The lowest BCUT2D eigenvalue weighted by Gasteiger charge is -2.11. The molecule has 2 aromatic carbocycles. The first-order valence-corrected chi connectivity index (χ1v) is 7.40. The van der Waals surface area contributed by atoms with Crippen LogP contribution in [0.5, 0.6) is 17.2 Å². The third-order valence-electron chi connectivity index (χ3n) is 3.10. The first kappa shape index (κ1) is 17.0. The molecule has 0 fully saturated rings. The molecule has 122 valence electrons. The Morgan fingerprint density at radius 1 is 1.04 bits per heavy atom. The van der Waals surface area contributed by atoms with Gasteiger partial charge >= 0.3 is 0 Å². The second-order valence-corrected chi connectivity index (χ2v) is 5.04. The van der Waals surface area contributed by atoms with Crippen molar-refractivity contribution in [2.45, 2.75) is 0 Å². The summed E-state index contributed by atoms with van der Waals surface area (Å²) in [5.41, 5.74) is 0.442. The maximum absolute atomic E-state index is 12.0. The Morgan fingerprint density at radius 2 is 1.65 bits per heavy atom. The van der Waals surface area contributed by atoms with Crippen molar-refractivity contribution in [3.63, 3.8) is 0 Å². The Morgan fingerprint density at radius 3 is 2.26 bits per heavy atom. The molecule has 0 bridgehead atoms. The largest absolute Gasteiger partial charge is 0.496 e. The zero-order valence-electron chi connectivity index (χ0n) is 13.0. The Bertz CT molecular complexity index is 653. The number of amides is 1. The second kappa shape index (κ2) is 8.29. The quantitative estimate of drug-likeness (QED) is 0.790. The van der Waals surface area contributed by atoms with Gasteiger partial charge in [-0.15, -0.1) is 0 Å². The Balaban J connectivity index is 1.86. The number of hydrogen-bond donors (Lipinski definition) is 1. The van der Waals surface area contributed by atoms with Crippen molar-refractivity contribution in [3.05, 3.63) is 53.1 Å². The number of nitrogens with one attached hydrogen (secondary N) is 1. The summed E-state index contributed by atoms with van der Waals surface area (Å²) in [4.78, 5) is 12.0. The van der Waals surface area contributed by atoms with Gasteiger partial charge in [0.15, 0.2) is 0 Å². The van der Waals surface area contributed by atoms with E-state index in [0.29, 0.717) is 41.0 Å². The molecule has 2 rings (SSSR count). The summed E-state index contributed by atoms with van der Waals surface area (Å²) in [6.45, 7) is 0.663. The van der Waals surface area contributed by atoms with Gasteiger partial charge in [-0.05, 0) is 12.1 Å². The van der Waals surface area contributed by atoms with E-state index in [0.717, 1.165) is 0 Å². The van der Waals surface area contributed by atoms with Crippen molar-refractivity contribution >= 4 is 17.5 Å². The molecule has 0 atom stereocenters. The minimum atomic E-state index is -0.234. The van der Waals surface area contributed by atoms with Crippen LogP contribution in [0.1, 0.15) is 10.4 Å².